The Kier molecular flexibility index (Phi) is 14.1. The summed E-state index contributed by atoms with van der Waals surface area (Å²) in [5.74, 6) is 0.628. The van der Waals surface area contributed by atoms with Gasteiger partial charge in [0.25, 0.3) is 16.6 Å². The average Bonchev–Trinajstić information content (AvgIpc) is 3.20. The number of hydrogen-bond donors (Lipinski definition) is 1. The topological polar surface area (TPSA) is 132 Å². The van der Waals surface area contributed by atoms with E-state index in [0.717, 1.165) is 45.8 Å². The van der Waals surface area contributed by atoms with Crippen LogP contribution < -0.4 is 0 Å². The van der Waals surface area contributed by atoms with E-state index in [4.69, 9.17) is 17.4 Å². The molecule has 56 heavy (non-hydrogen) atoms. The largest absolute Gasteiger partial charge is 0.467 e. The van der Waals surface area contributed by atoms with E-state index < -0.39 is 20.7 Å². The van der Waals surface area contributed by atoms with Crippen LogP contribution in [0.2, 0.25) is 0 Å². The van der Waals surface area contributed by atoms with Crippen molar-refractivity contribution in [3.63, 3.8) is 0 Å². The number of fused-ring (bicyclic) bond motifs is 2. The zero-order valence-corrected chi connectivity index (χ0v) is 33.8. The Balaban J connectivity index is 0.00000127. The van der Waals surface area contributed by atoms with Crippen molar-refractivity contribution >= 4 is 88.7 Å². The molecule has 0 spiro atoms. The maximum absolute atomic E-state index is 12.3. The highest BCUT2D eigenvalue weighted by molar-refractivity contribution is 8.08. The number of allylic oxidation sites excluding steroid dienone is 7. The first-order valence-corrected chi connectivity index (χ1v) is 22.4. The highest BCUT2D eigenvalue weighted by Crippen LogP contribution is 2.46. The fourth-order valence-electron chi connectivity index (χ4n) is 6.40. The number of benzene rings is 4. The molecule has 7 rings (SSSR count). The Morgan fingerprint density at radius 1 is 0.839 bits per heavy atom. The van der Waals surface area contributed by atoms with Gasteiger partial charge in [-0.1, -0.05) is 103 Å². The lowest BCUT2D eigenvalue weighted by Gasteiger charge is -2.22. The summed E-state index contributed by atoms with van der Waals surface area (Å²) in [4.78, 5) is 15.0. The molecule has 0 saturated heterocycles. The highest BCUT2D eigenvalue weighted by Gasteiger charge is 2.23. The van der Waals surface area contributed by atoms with Gasteiger partial charge in [0.1, 0.15) is 11.5 Å². The van der Waals surface area contributed by atoms with Gasteiger partial charge in [-0.05, 0) is 83.5 Å². The van der Waals surface area contributed by atoms with Crippen LogP contribution in [0, 0.1) is 0 Å². The molecule has 8 nitrogen and oxygen atoms in total. The third-order valence-electron chi connectivity index (χ3n) is 8.82. The summed E-state index contributed by atoms with van der Waals surface area (Å²) in [6.07, 6.45) is 13.6. The van der Waals surface area contributed by atoms with Crippen molar-refractivity contribution in [3.8, 4) is 10.4 Å². The third-order valence-corrected chi connectivity index (χ3v) is 13.2. The van der Waals surface area contributed by atoms with Crippen LogP contribution in [0.3, 0.4) is 0 Å². The number of rotatable bonds is 11. The quantitative estimate of drug-likeness (QED) is 0.0593. The lowest BCUT2D eigenvalue weighted by molar-refractivity contribution is -0.128. The molecule has 2 heterocycles. The Morgan fingerprint density at radius 2 is 1.54 bits per heavy atom. The summed E-state index contributed by atoms with van der Waals surface area (Å²) in [6, 6.07) is 35.9. The van der Waals surface area contributed by atoms with E-state index in [2.05, 4.69) is 85.0 Å². The van der Waals surface area contributed by atoms with Gasteiger partial charge in [-0.3, -0.25) is 9.35 Å². The number of ether oxygens (including phenoxy) is 1. The number of thioether (sulfide) groups is 2. The maximum Gasteiger partial charge on any atom is 0.425 e. The van der Waals surface area contributed by atoms with E-state index in [1.807, 2.05) is 30.3 Å². The second-order valence-corrected chi connectivity index (χ2v) is 17.5. The molecule has 0 bridgehead atoms. The van der Waals surface area contributed by atoms with Crippen molar-refractivity contribution in [2.45, 2.75) is 29.1 Å². The molecule has 284 valence electrons. The molecule has 0 unspecified atom stereocenters. The lowest BCUT2D eigenvalue weighted by atomic mass is 9.93. The van der Waals surface area contributed by atoms with Gasteiger partial charge in [-0.15, -0.1) is 24.4 Å². The van der Waals surface area contributed by atoms with Gasteiger partial charge in [0.05, 0.1) is 0 Å². The Bertz CT molecular complexity index is 2640. The number of hydrogen-bond acceptors (Lipinski definition) is 9. The Hall–Kier alpha value is -4.89. The van der Waals surface area contributed by atoms with Crippen LogP contribution in [-0.4, -0.2) is 44.4 Å². The van der Waals surface area contributed by atoms with E-state index in [-0.39, 0.29) is 4.90 Å². The predicted octanol–water partition coefficient (Wildman–Crippen LogP) is 10.6. The van der Waals surface area contributed by atoms with Gasteiger partial charge in [0, 0.05) is 49.1 Å². The van der Waals surface area contributed by atoms with Gasteiger partial charge < -0.3 is 4.74 Å². The molecule has 0 atom stereocenters. The molecule has 0 saturated carbocycles. The minimum absolute atomic E-state index is 0.114. The van der Waals surface area contributed by atoms with E-state index in [1.165, 1.54) is 54.4 Å². The van der Waals surface area contributed by atoms with Crippen molar-refractivity contribution in [1.82, 2.24) is 0 Å². The van der Waals surface area contributed by atoms with Crippen molar-refractivity contribution in [2.75, 3.05) is 12.4 Å². The molecule has 5 aromatic rings. The minimum Gasteiger partial charge on any atom is -0.467 e. The smallest absolute Gasteiger partial charge is 0.425 e. The standard InChI is InChI=1S/C43H34O5S4.O3S/c44-29-48-25-26-49-43-31(21-23-33-27-40(30-11-2-1-3-12-30)50-38-18-7-4-15-35(33)38)13-10-14-32(43)22-24-34-28-41(51-39-19-8-5-16-36(34)39)37-17-6-9-20-42(37)52(45,46)47;1-4(2)3/h1-9,11-12,15-24,27-29H,10,13-14,25-26H2;/p+1. The molecule has 0 fully saturated rings. The normalized spacial score (nSPS) is 15.6. The molecule has 13 heteroatoms. The highest BCUT2D eigenvalue weighted by atomic mass is 32.2. The molecular formula is C43H35O8S5+. The fourth-order valence-corrected chi connectivity index (χ4v) is 10.5. The fraction of sp³-hybridized carbons (Fsp3) is 0.116. The maximum atomic E-state index is 12.3. The van der Waals surface area contributed by atoms with Crippen LogP contribution in [0.5, 0.6) is 0 Å². The molecule has 0 radical (unpaired) electrons. The van der Waals surface area contributed by atoms with E-state index in [0.29, 0.717) is 24.4 Å². The van der Waals surface area contributed by atoms with Crippen LogP contribution in [0.4, 0.5) is 0 Å². The molecule has 1 aromatic heterocycles. The van der Waals surface area contributed by atoms with Crippen LogP contribution >= 0.6 is 34.9 Å². The Labute approximate surface area is 339 Å². The average molecular weight is 840 g/mol. The summed E-state index contributed by atoms with van der Waals surface area (Å²) in [5.41, 5.74) is 7.25. The number of carbonyl (C=O) groups is 1. The van der Waals surface area contributed by atoms with Crippen molar-refractivity contribution in [1.29, 1.82) is 0 Å². The van der Waals surface area contributed by atoms with Crippen LogP contribution in [0.1, 0.15) is 36.0 Å². The van der Waals surface area contributed by atoms with Crippen molar-refractivity contribution < 1.29 is 35.1 Å². The predicted molar refractivity (Wildman–Crippen MR) is 228 cm³/mol. The SMILES string of the molecule is O=COCCSC1=C(/C=C/c2cc(-c3ccccc3)[s+]c3ccccc23)CCC/C1=C\C=C1/C=C(c2ccccc2S(=O)(=O)O)Sc2ccccc21.O=S(=O)=O. The molecule has 4 aromatic carbocycles. The van der Waals surface area contributed by atoms with E-state index in [1.54, 1.807) is 41.3 Å². The van der Waals surface area contributed by atoms with Gasteiger partial charge >= 0.3 is 10.6 Å². The van der Waals surface area contributed by atoms with E-state index >= 15 is 0 Å². The van der Waals surface area contributed by atoms with Crippen LogP contribution in [-0.2, 0) is 30.3 Å². The summed E-state index contributed by atoms with van der Waals surface area (Å²) in [6.45, 7) is 0.810. The zero-order valence-electron chi connectivity index (χ0n) is 29.7. The van der Waals surface area contributed by atoms with Gasteiger partial charge in [-0.2, -0.15) is 8.42 Å². The Morgan fingerprint density at radius 3 is 2.30 bits per heavy atom. The molecular weight excluding hydrogens is 805 g/mol. The monoisotopic (exact) mass is 839 g/mol. The first-order valence-electron chi connectivity index (χ1n) is 17.4. The van der Waals surface area contributed by atoms with Crippen molar-refractivity contribution in [3.05, 3.63) is 166 Å². The summed E-state index contributed by atoms with van der Waals surface area (Å²) in [7, 11) is -7.53. The summed E-state index contributed by atoms with van der Waals surface area (Å²) in [5, 5.41) is 1.21. The second-order valence-electron chi connectivity index (χ2n) is 12.4. The molecule has 1 aliphatic carbocycles. The van der Waals surface area contributed by atoms with Gasteiger partial charge in [0.15, 0.2) is 0 Å². The first kappa shape index (κ1) is 40.8. The molecule has 2 aliphatic rings. The third kappa shape index (κ3) is 10.5. The van der Waals surface area contributed by atoms with Gasteiger partial charge in [0.2, 0.25) is 20.9 Å². The van der Waals surface area contributed by atoms with Crippen LogP contribution in [0.25, 0.3) is 37.1 Å². The summed E-state index contributed by atoms with van der Waals surface area (Å²) >= 11 is 4.98. The number of carbonyl (C=O) groups excluding carboxylic acids is 1. The lowest BCUT2D eigenvalue weighted by Crippen LogP contribution is -2.04. The zero-order chi connectivity index (χ0) is 39.5. The van der Waals surface area contributed by atoms with Gasteiger partial charge in [-0.25, -0.2) is 0 Å². The summed E-state index contributed by atoms with van der Waals surface area (Å²) < 4.78 is 66.2. The first-order chi connectivity index (χ1) is 27.1. The van der Waals surface area contributed by atoms with Crippen LogP contribution in [0.15, 0.2) is 159 Å². The minimum atomic E-state index is -4.42. The van der Waals surface area contributed by atoms with Crippen molar-refractivity contribution in [2.24, 2.45) is 0 Å². The van der Waals surface area contributed by atoms with E-state index in [9.17, 15) is 17.8 Å². The molecule has 1 aliphatic heterocycles. The second kappa shape index (κ2) is 19.3. The molecule has 0 amide bonds. The molecule has 1 N–H and O–H groups in total.